The first-order valence-corrected chi connectivity index (χ1v) is 11.4. The van der Waals surface area contributed by atoms with E-state index in [1.165, 1.54) is 10.9 Å². The predicted molar refractivity (Wildman–Crippen MR) is 129 cm³/mol. The van der Waals surface area contributed by atoms with Crippen molar-refractivity contribution in [2.24, 2.45) is 7.05 Å². The minimum atomic E-state index is -0.202. The second-order valence-corrected chi connectivity index (χ2v) is 8.69. The van der Waals surface area contributed by atoms with Crippen molar-refractivity contribution < 1.29 is 9.59 Å². The molecular formula is C26H23N7O2. The van der Waals surface area contributed by atoms with Crippen LogP contribution in [0.4, 0.5) is 0 Å². The van der Waals surface area contributed by atoms with Crippen molar-refractivity contribution in [3.05, 3.63) is 96.1 Å². The molecule has 1 amide bonds. The second kappa shape index (κ2) is 8.35. The number of pyridine rings is 1. The lowest BCUT2D eigenvalue weighted by atomic mass is 10.0. The molecule has 0 spiro atoms. The zero-order valence-electron chi connectivity index (χ0n) is 19.2. The molecule has 0 bridgehead atoms. The van der Waals surface area contributed by atoms with Gasteiger partial charge in [0.2, 0.25) is 0 Å². The van der Waals surface area contributed by atoms with Gasteiger partial charge >= 0.3 is 0 Å². The molecule has 5 aromatic rings. The monoisotopic (exact) mass is 465 g/mol. The maximum atomic E-state index is 13.3. The van der Waals surface area contributed by atoms with Gasteiger partial charge in [0.15, 0.2) is 5.78 Å². The van der Waals surface area contributed by atoms with Gasteiger partial charge in [-0.05, 0) is 17.7 Å². The number of fused-ring (bicyclic) bond motifs is 2. The Morgan fingerprint density at radius 1 is 1.06 bits per heavy atom. The molecule has 1 aromatic carbocycles. The third-order valence-corrected chi connectivity index (χ3v) is 6.42. The number of carbonyl (C=O) groups is 2. The van der Waals surface area contributed by atoms with Crippen LogP contribution >= 0.6 is 0 Å². The fourth-order valence-electron chi connectivity index (χ4n) is 4.59. The maximum absolute atomic E-state index is 13.3. The lowest BCUT2D eigenvalue weighted by Gasteiger charge is -2.27. The summed E-state index contributed by atoms with van der Waals surface area (Å²) < 4.78 is 5.46. The largest absolute Gasteiger partial charge is 0.332 e. The quantitative estimate of drug-likeness (QED) is 0.372. The number of hydrogen-bond donors (Lipinski definition) is 0. The first-order valence-electron chi connectivity index (χ1n) is 11.4. The third kappa shape index (κ3) is 3.80. The number of aromatic nitrogens is 6. The Balaban J connectivity index is 1.24. The molecule has 35 heavy (non-hydrogen) atoms. The molecule has 0 N–H and O–H groups in total. The summed E-state index contributed by atoms with van der Waals surface area (Å²) in [5, 5.41) is 4.23. The summed E-state index contributed by atoms with van der Waals surface area (Å²) in [7, 11) is 1.69. The fourth-order valence-corrected chi connectivity index (χ4v) is 4.59. The van der Waals surface area contributed by atoms with Gasteiger partial charge in [0.05, 0.1) is 24.0 Å². The van der Waals surface area contributed by atoms with E-state index in [0.717, 1.165) is 28.3 Å². The molecule has 5 heterocycles. The van der Waals surface area contributed by atoms with E-state index in [4.69, 9.17) is 4.98 Å². The van der Waals surface area contributed by atoms with Gasteiger partial charge in [-0.3, -0.25) is 14.3 Å². The van der Waals surface area contributed by atoms with Gasteiger partial charge in [0.25, 0.3) is 5.91 Å². The highest BCUT2D eigenvalue weighted by atomic mass is 16.2. The van der Waals surface area contributed by atoms with E-state index in [2.05, 4.69) is 10.1 Å². The minimum Gasteiger partial charge on any atom is -0.332 e. The van der Waals surface area contributed by atoms with Crippen molar-refractivity contribution in [3.8, 4) is 11.3 Å². The highest BCUT2D eigenvalue weighted by molar-refractivity contribution is 6.07. The molecule has 0 radical (unpaired) electrons. The van der Waals surface area contributed by atoms with Crippen LogP contribution in [0.1, 0.15) is 32.2 Å². The van der Waals surface area contributed by atoms with E-state index in [0.29, 0.717) is 30.9 Å². The van der Waals surface area contributed by atoms with Crippen molar-refractivity contribution in [3.63, 3.8) is 0 Å². The first-order chi connectivity index (χ1) is 17.1. The van der Waals surface area contributed by atoms with Crippen LogP contribution in [0.2, 0.25) is 0 Å². The average molecular weight is 466 g/mol. The summed E-state index contributed by atoms with van der Waals surface area (Å²) in [4.78, 5) is 37.4. The molecule has 0 saturated carbocycles. The molecular weight excluding hydrogens is 442 g/mol. The van der Waals surface area contributed by atoms with Gasteiger partial charge in [-0.1, -0.05) is 30.3 Å². The van der Waals surface area contributed by atoms with Gasteiger partial charge < -0.3 is 13.9 Å². The Kier molecular flexibility index (Phi) is 5.02. The number of benzene rings is 1. The fraction of sp³-hybridized carbons (Fsp3) is 0.192. The van der Waals surface area contributed by atoms with E-state index in [1.54, 1.807) is 18.1 Å². The average Bonchev–Trinajstić information content (AvgIpc) is 3.61. The lowest BCUT2D eigenvalue weighted by Crippen LogP contribution is -2.38. The van der Waals surface area contributed by atoms with Crippen molar-refractivity contribution >= 4 is 17.3 Å². The van der Waals surface area contributed by atoms with Gasteiger partial charge in [-0.2, -0.15) is 5.10 Å². The zero-order valence-corrected chi connectivity index (χ0v) is 19.2. The second-order valence-electron chi connectivity index (χ2n) is 8.69. The van der Waals surface area contributed by atoms with Crippen molar-refractivity contribution in [1.29, 1.82) is 0 Å². The van der Waals surface area contributed by atoms with E-state index < -0.39 is 0 Å². The predicted octanol–water partition coefficient (Wildman–Crippen LogP) is 3.01. The maximum Gasteiger partial charge on any atom is 0.258 e. The van der Waals surface area contributed by atoms with Gasteiger partial charge in [0.1, 0.15) is 17.2 Å². The molecule has 0 saturated heterocycles. The highest BCUT2D eigenvalue weighted by Gasteiger charge is 2.28. The highest BCUT2D eigenvalue weighted by Crippen LogP contribution is 2.21. The van der Waals surface area contributed by atoms with Crippen molar-refractivity contribution in [1.82, 2.24) is 33.6 Å². The number of rotatable bonds is 5. The number of hydrogen-bond acceptors (Lipinski definition) is 5. The molecule has 0 fully saturated rings. The summed E-state index contributed by atoms with van der Waals surface area (Å²) in [5.74, 6) is 0.474. The Morgan fingerprint density at radius 3 is 2.77 bits per heavy atom. The molecule has 9 nitrogen and oxygen atoms in total. The Hall–Kier alpha value is -4.53. The number of Topliss-reactive ketones (excluding diaryl/α,β-unsaturated/α-hetero) is 1. The Labute approximate surface area is 201 Å². The molecule has 1 aliphatic heterocycles. The normalized spacial score (nSPS) is 13.2. The summed E-state index contributed by atoms with van der Waals surface area (Å²) in [6.45, 7) is 1.65. The SMILES string of the molecule is Cn1ncc(C(=O)N2CCn3ccnc3C2)c1C(=O)Cc1ccn2cc(-c3ccccc3)nc2c1. The number of nitrogens with zero attached hydrogens (tertiary/aromatic N) is 7. The Bertz CT molecular complexity index is 1560. The van der Waals surface area contributed by atoms with Crippen LogP contribution in [-0.2, 0) is 26.6 Å². The Morgan fingerprint density at radius 2 is 1.91 bits per heavy atom. The van der Waals surface area contributed by atoms with E-state index >= 15 is 0 Å². The van der Waals surface area contributed by atoms with Crippen LogP contribution in [0.3, 0.4) is 0 Å². The molecule has 0 unspecified atom stereocenters. The number of aryl methyl sites for hydroxylation is 1. The number of amides is 1. The van der Waals surface area contributed by atoms with E-state index in [9.17, 15) is 9.59 Å². The number of carbonyl (C=O) groups excluding carboxylic acids is 2. The third-order valence-electron chi connectivity index (χ3n) is 6.42. The molecule has 0 atom stereocenters. The summed E-state index contributed by atoms with van der Waals surface area (Å²) in [5.41, 5.74) is 4.14. The molecule has 0 aliphatic carbocycles. The van der Waals surface area contributed by atoms with Crippen LogP contribution in [0.5, 0.6) is 0 Å². The van der Waals surface area contributed by atoms with Crippen molar-refractivity contribution in [2.45, 2.75) is 19.5 Å². The van der Waals surface area contributed by atoms with E-state index in [1.807, 2.05) is 70.0 Å². The number of ketones is 1. The molecule has 1 aliphatic rings. The van der Waals surface area contributed by atoms with Crippen LogP contribution in [0, 0.1) is 0 Å². The summed E-state index contributed by atoms with van der Waals surface area (Å²) in [6.07, 6.45) is 9.16. The minimum absolute atomic E-state index is 0.147. The smallest absolute Gasteiger partial charge is 0.258 e. The molecule has 6 rings (SSSR count). The van der Waals surface area contributed by atoms with Crippen LogP contribution in [-0.4, -0.2) is 51.9 Å². The van der Waals surface area contributed by atoms with Crippen LogP contribution < -0.4 is 0 Å². The topological polar surface area (TPSA) is 90.3 Å². The van der Waals surface area contributed by atoms with Gasteiger partial charge in [-0.15, -0.1) is 0 Å². The summed E-state index contributed by atoms with van der Waals surface area (Å²) >= 11 is 0. The number of imidazole rings is 2. The van der Waals surface area contributed by atoms with Crippen LogP contribution in [0.15, 0.2) is 73.4 Å². The first kappa shape index (κ1) is 21.0. The van der Waals surface area contributed by atoms with Crippen LogP contribution in [0.25, 0.3) is 16.9 Å². The molecule has 174 valence electrons. The zero-order chi connectivity index (χ0) is 23.9. The van der Waals surface area contributed by atoms with E-state index in [-0.39, 0.29) is 18.1 Å². The summed E-state index contributed by atoms with van der Waals surface area (Å²) in [6, 6.07) is 13.8. The standard InChI is InChI=1S/C26H23N7O2/c1-30-25(20(15-28-30)26(35)33-12-11-31-10-8-27-24(31)17-33)22(34)13-18-7-9-32-16-21(29-23(32)14-18)19-5-3-2-4-6-19/h2-10,14-16H,11-13,17H2,1H3. The molecule has 4 aromatic heterocycles. The lowest BCUT2D eigenvalue weighted by molar-refractivity contribution is 0.0702. The van der Waals surface area contributed by atoms with Crippen molar-refractivity contribution in [2.75, 3.05) is 6.54 Å². The van der Waals surface area contributed by atoms with Gasteiger partial charge in [0, 0.05) is 56.9 Å². The molecule has 9 heteroatoms. The van der Waals surface area contributed by atoms with Gasteiger partial charge in [-0.25, -0.2) is 9.97 Å².